The first-order chi connectivity index (χ1) is 6.86. The quantitative estimate of drug-likeness (QED) is 0.829. The van der Waals surface area contributed by atoms with E-state index in [2.05, 4.69) is 4.74 Å². The Morgan fingerprint density at radius 1 is 1.31 bits per heavy atom. The third-order valence-electron chi connectivity index (χ3n) is 1.89. The predicted molar refractivity (Wildman–Crippen MR) is 53.2 cm³/mol. The van der Waals surface area contributed by atoms with E-state index in [9.17, 15) is 17.6 Å². The fourth-order valence-corrected chi connectivity index (χ4v) is 1.06. The van der Waals surface area contributed by atoms with Crippen molar-refractivity contribution < 1.29 is 22.3 Å². The number of hydrogen-bond acceptors (Lipinski definition) is 2. The number of nitrogens with two attached hydrogens (primary N) is 1. The molecule has 0 spiro atoms. The Balaban J connectivity index is 0.00000225. The first-order valence-electron chi connectivity index (χ1n) is 4.02. The highest BCUT2D eigenvalue weighted by atomic mass is 35.5. The average Bonchev–Trinajstić information content (AvgIpc) is 2.16. The summed E-state index contributed by atoms with van der Waals surface area (Å²) in [7, 11) is 1.27. The number of benzene rings is 1. The molecule has 0 aliphatic rings. The molecular formula is C9H10ClF4NO. The SMILES string of the molecule is COc1ccc(F)c([C@H](N)C(F)(F)F)c1.Cl. The van der Waals surface area contributed by atoms with Crippen molar-refractivity contribution in [2.75, 3.05) is 7.11 Å². The molecular weight excluding hydrogens is 250 g/mol. The molecule has 0 aliphatic carbocycles. The van der Waals surface area contributed by atoms with E-state index >= 15 is 0 Å². The first kappa shape index (κ1) is 15.0. The molecule has 0 heterocycles. The molecule has 2 nitrogen and oxygen atoms in total. The Morgan fingerprint density at radius 3 is 2.31 bits per heavy atom. The highest BCUT2D eigenvalue weighted by molar-refractivity contribution is 5.85. The maximum atomic E-state index is 13.1. The summed E-state index contributed by atoms with van der Waals surface area (Å²) in [6, 6.07) is 0.711. The van der Waals surface area contributed by atoms with E-state index in [1.807, 2.05) is 0 Å². The summed E-state index contributed by atoms with van der Waals surface area (Å²) in [5.41, 5.74) is 4.25. The third kappa shape index (κ3) is 3.24. The van der Waals surface area contributed by atoms with Gasteiger partial charge in [-0.05, 0) is 18.2 Å². The second-order valence-electron chi connectivity index (χ2n) is 2.91. The van der Waals surface area contributed by atoms with E-state index < -0.39 is 23.6 Å². The molecule has 1 atom stereocenters. The molecule has 0 radical (unpaired) electrons. The minimum Gasteiger partial charge on any atom is -0.497 e. The molecule has 0 aliphatic heterocycles. The second kappa shape index (κ2) is 5.36. The van der Waals surface area contributed by atoms with Crippen LogP contribution in [0.4, 0.5) is 17.6 Å². The van der Waals surface area contributed by atoms with Crippen LogP contribution in [0.3, 0.4) is 0 Å². The Kier molecular flexibility index (Phi) is 5.02. The van der Waals surface area contributed by atoms with Crippen molar-refractivity contribution in [3.8, 4) is 5.75 Å². The zero-order valence-corrected chi connectivity index (χ0v) is 9.03. The largest absolute Gasteiger partial charge is 0.497 e. The molecule has 7 heteroatoms. The molecule has 2 N–H and O–H groups in total. The van der Waals surface area contributed by atoms with Crippen molar-refractivity contribution in [3.63, 3.8) is 0 Å². The molecule has 0 saturated carbocycles. The number of halogens is 5. The lowest BCUT2D eigenvalue weighted by atomic mass is 10.1. The smallest absolute Gasteiger partial charge is 0.407 e. The first-order valence-corrected chi connectivity index (χ1v) is 4.02. The van der Waals surface area contributed by atoms with Crippen LogP contribution in [0.1, 0.15) is 11.6 Å². The van der Waals surface area contributed by atoms with Crippen LogP contribution in [0.25, 0.3) is 0 Å². The van der Waals surface area contributed by atoms with Gasteiger partial charge in [0.1, 0.15) is 17.6 Å². The van der Waals surface area contributed by atoms with Crippen LogP contribution in [0.15, 0.2) is 18.2 Å². The highest BCUT2D eigenvalue weighted by Gasteiger charge is 2.39. The molecule has 0 fully saturated rings. The van der Waals surface area contributed by atoms with Gasteiger partial charge in [0.05, 0.1) is 7.11 Å². The Bertz CT molecular complexity index is 356. The maximum absolute atomic E-state index is 13.1. The molecule has 0 aromatic heterocycles. The van der Waals surface area contributed by atoms with Gasteiger partial charge in [-0.1, -0.05) is 0 Å². The minimum atomic E-state index is -4.67. The van der Waals surface area contributed by atoms with Gasteiger partial charge in [-0.2, -0.15) is 13.2 Å². The van der Waals surface area contributed by atoms with Crippen molar-refractivity contribution in [2.24, 2.45) is 5.73 Å². The van der Waals surface area contributed by atoms with E-state index in [0.717, 1.165) is 12.1 Å². The molecule has 1 aromatic carbocycles. The van der Waals surface area contributed by atoms with Gasteiger partial charge in [0.25, 0.3) is 0 Å². The van der Waals surface area contributed by atoms with Gasteiger partial charge in [0, 0.05) is 5.56 Å². The number of methoxy groups -OCH3 is 1. The Hall–Kier alpha value is -1.01. The van der Waals surface area contributed by atoms with Crippen LogP contribution in [-0.4, -0.2) is 13.3 Å². The van der Waals surface area contributed by atoms with Crippen LogP contribution in [0, 0.1) is 5.82 Å². The molecule has 0 bridgehead atoms. The van der Waals surface area contributed by atoms with E-state index in [1.54, 1.807) is 0 Å². The van der Waals surface area contributed by atoms with Crippen LogP contribution in [0.2, 0.25) is 0 Å². The number of hydrogen-bond donors (Lipinski definition) is 1. The lowest BCUT2D eigenvalue weighted by Gasteiger charge is -2.17. The monoisotopic (exact) mass is 259 g/mol. The van der Waals surface area contributed by atoms with Crippen molar-refractivity contribution in [3.05, 3.63) is 29.6 Å². The Morgan fingerprint density at radius 2 is 1.88 bits per heavy atom. The lowest BCUT2D eigenvalue weighted by molar-refractivity contribution is -0.149. The van der Waals surface area contributed by atoms with Gasteiger partial charge in [0.15, 0.2) is 0 Å². The zero-order chi connectivity index (χ0) is 11.6. The fourth-order valence-electron chi connectivity index (χ4n) is 1.06. The van der Waals surface area contributed by atoms with E-state index in [0.29, 0.717) is 0 Å². The minimum absolute atomic E-state index is 0. The standard InChI is InChI=1S/C9H9F4NO.ClH/c1-15-5-2-3-7(10)6(4-5)8(14)9(11,12)13;/h2-4,8H,14H2,1H3;1H/t8-;/m0./s1. The molecule has 92 valence electrons. The zero-order valence-electron chi connectivity index (χ0n) is 8.22. The number of alkyl halides is 3. The van der Waals surface area contributed by atoms with Gasteiger partial charge in [-0.15, -0.1) is 12.4 Å². The normalized spacial score (nSPS) is 12.9. The van der Waals surface area contributed by atoms with Crippen molar-refractivity contribution >= 4 is 12.4 Å². The number of ether oxygens (including phenoxy) is 1. The molecule has 0 amide bonds. The van der Waals surface area contributed by atoms with Gasteiger partial charge >= 0.3 is 6.18 Å². The third-order valence-corrected chi connectivity index (χ3v) is 1.89. The summed E-state index contributed by atoms with van der Waals surface area (Å²) >= 11 is 0. The van der Waals surface area contributed by atoms with Gasteiger partial charge in [-0.3, -0.25) is 0 Å². The van der Waals surface area contributed by atoms with Crippen molar-refractivity contribution in [1.82, 2.24) is 0 Å². The van der Waals surface area contributed by atoms with Crippen molar-refractivity contribution in [2.45, 2.75) is 12.2 Å². The fraction of sp³-hybridized carbons (Fsp3) is 0.333. The summed E-state index contributed by atoms with van der Waals surface area (Å²) in [6.07, 6.45) is -4.67. The van der Waals surface area contributed by atoms with E-state index in [1.165, 1.54) is 13.2 Å². The summed E-state index contributed by atoms with van der Waals surface area (Å²) < 4.78 is 54.4. The van der Waals surface area contributed by atoms with Crippen LogP contribution in [-0.2, 0) is 0 Å². The maximum Gasteiger partial charge on any atom is 0.407 e. The number of rotatable bonds is 2. The van der Waals surface area contributed by atoms with Crippen LogP contribution in [0.5, 0.6) is 5.75 Å². The molecule has 0 saturated heterocycles. The van der Waals surface area contributed by atoms with Gasteiger partial charge in [-0.25, -0.2) is 4.39 Å². The van der Waals surface area contributed by atoms with Crippen LogP contribution < -0.4 is 10.5 Å². The van der Waals surface area contributed by atoms with Crippen LogP contribution >= 0.6 is 12.4 Å². The average molecular weight is 260 g/mol. The predicted octanol–water partition coefficient (Wildman–Crippen LogP) is 2.82. The summed E-state index contributed by atoms with van der Waals surface area (Å²) in [6.45, 7) is 0. The summed E-state index contributed by atoms with van der Waals surface area (Å²) in [5, 5.41) is 0. The second-order valence-corrected chi connectivity index (χ2v) is 2.91. The van der Waals surface area contributed by atoms with Crippen molar-refractivity contribution in [1.29, 1.82) is 0 Å². The highest BCUT2D eigenvalue weighted by Crippen LogP contribution is 2.33. The Labute approximate surface area is 95.8 Å². The molecule has 1 aromatic rings. The summed E-state index contributed by atoms with van der Waals surface area (Å²) in [4.78, 5) is 0. The summed E-state index contributed by atoms with van der Waals surface area (Å²) in [5.74, 6) is -0.869. The lowest BCUT2D eigenvalue weighted by Crippen LogP contribution is -2.29. The van der Waals surface area contributed by atoms with Gasteiger partial charge in [0.2, 0.25) is 0 Å². The van der Waals surface area contributed by atoms with E-state index in [4.69, 9.17) is 5.73 Å². The molecule has 0 unspecified atom stereocenters. The van der Waals surface area contributed by atoms with E-state index in [-0.39, 0.29) is 18.2 Å². The topological polar surface area (TPSA) is 35.2 Å². The molecule has 1 rings (SSSR count). The molecule has 16 heavy (non-hydrogen) atoms. The van der Waals surface area contributed by atoms with Gasteiger partial charge < -0.3 is 10.5 Å².